The molecular formula is C8H8ClNO3. The van der Waals surface area contributed by atoms with Crippen molar-refractivity contribution in [1.29, 1.82) is 0 Å². The fourth-order valence-corrected chi connectivity index (χ4v) is 1.16. The minimum absolute atomic E-state index is 0.0793. The number of carboxylic acids is 1. The summed E-state index contributed by atoms with van der Waals surface area (Å²) in [6, 6.07) is 1.48. The highest BCUT2D eigenvalue weighted by molar-refractivity contribution is 6.29. The summed E-state index contributed by atoms with van der Waals surface area (Å²) in [7, 11) is 1.45. The Morgan fingerprint density at radius 1 is 1.69 bits per heavy atom. The van der Waals surface area contributed by atoms with Crippen LogP contribution in [0.5, 0.6) is 5.75 Å². The lowest BCUT2D eigenvalue weighted by Crippen LogP contribution is -2.05. The topological polar surface area (TPSA) is 59.4 Å². The molecule has 0 spiro atoms. The first-order chi connectivity index (χ1) is 6.06. The summed E-state index contributed by atoms with van der Waals surface area (Å²) in [5.41, 5.74) is 0.392. The van der Waals surface area contributed by atoms with E-state index in [4.69, 9.17) is 21.4 Å². The van der Waals surface area contributed by atoms with Gasteiger partial charge in [0.05, 0.1) is 7.11 Å². The second-order valence-corrected chi connectivity index (χ2v) is 2.81. The number of halogens is 1. The van der Waals surface area contributed by atoms with E-state index in [1.165, 1.54) is 13.2 Å². The summed E-state index contributed by atoms with van der Waals surface area (Å²) in [6.07, 6.45) is 0. The molecular weight excluding hydrogens is 194 g/mol. The lowest BCUT2D eigenvalue weighted by molar-refractivity contribution is 0.0689. The van der Waals surface area contributed by atoms with Gasteiger partial charge in [-0.15, -0.1) is 0 Å². The van der Waals surface area contributed by atoms with Crippen molar-refractivity contribution in [3.63, 3.8) is 0 Å². The Kier molecular flexibility index (Phi) is 2.72. The fraction of sp³-hybridized carbons (Fsp3) is 0.250. The summed E-state index contributed by atoms with van der Waals surface area (Å²) in [5.74, 6) is -0.685. The molecule has 0 aliphatic carbocycles. The quantitative estimate of drug-likeness (QED) is 0.741. The number of hydrogen-bond donors (Lipinski definition) is 1. The molecule has 0 bridgehead atoms. The van der Waals surface area contributed by atoms with E-state index in [2.05, 4.69) is 4.98 Å². The van der Waals surface area contributed by atoms with Gasteiger partial charge >= 0.3 is 5.97 Å². The average Bonchev–Trinajstić information content (AvgIpc) is 2.08. The number of methoxy groups -OCH3 is 1. The molecule has 1 aromatic heterocycles. The van der Waals surface area contributed by atoms with Gasteiger partial charge in [0.2, 0.25) is 0 Å². The molecule has 13 heavy (non-hydrogen) atoms. The molecule has 0 saturated carbocycles. The van der Waals surface area contributed by atoms with Crippen molar-refractivity contribution in [3.8, 4) is 5.75 Å². The van der Waals surface area contributed by atoms with Crippen LogP contribution in [-0.2, 0) is 0 Å². The maximum absolute atomic E-state index is 10.7. The highest BCUT2D eigenvalue weighted by Crippen LogP contribution is 2.23. The van der Waals surface area contributed by atoms with Crippen LogP contribution >= 0.6 is 11.6 Å². The number of carboxylic acid groups (broad SMARTS) is 1. The highest BCUT2D eigenvalue weighted by Gasteiger charge is 2.14. The Morgan fingerprint density at radius 2 is 2.31 bits per heavy atom. The Labute approximate surface area is 80.1 Å². The number of carbonyl (C=O) groups is 1. The maximum Gasteiger partial charge on any atom is 0.354 e. The SMILES string of the molecule is COc1cc(Cl)nc(C(=O)O)c1C. The predicted octanol–water partition coefficient (Wildman–Crippen LogP) is 1.75. The number of rotatable bonds is 2. The van der Waals surface area contributed by atoms with Crippen LogP contribution in [0.4, 0.5) is 0 Å². The van der Waals surface area contributed by atoms with Crippen LogP contribution in [-0.4, -0.2) is 23.2 Å². The minimum atomic E-state index is -1.11. The third-order valence-corrected chi connectivity index (χ3v) is 1.81. The molecule has 70 valence electrons. The molecule has 0 aromatic carbocycles. The molecule has 1 rings (SSSR count). The monoisotopic (exact) mass is 201 g/mol. The first-order valence-electron chi connectivity index (χ1n) is 3.50. The standard InChI is InChI=1S/C8H8ClNO3/c1-4-5(13-2)3-6(9)10-7(4)8(11)12/h3H,1-2H3,(H,11,12). The van der Waals surface area contributed by atoms with Gasteiger partial charge in [0.25, 0.3) is 0 Å². The number of ether oxygens (including phenoxy) is 1. The lowest BCUT2D eigenvalue weighted by Gasteiger charge is -2.06. The lowest BCUT2D eigenvalue weighted by atomic mass is 10.2. The van der Waals surface area contributed by atoms with Crippen LogP contribution in [0, 0.1) is 6.92 Å². The van der Waals surface area contributed by atoms with Crippen molar-refractivity contribution in [2.75, 3.05) is 7.11 Å². The number of pyridine rings is 1. The zero-order chi connectivity index (χ0) is 10.0. The Morgan fingerprint density at radius 3 is 2.77 bits per heavy atom. The zero-order valence-corrected chi connectivity index (χ0v) is 7.92. The van der Waals surface area contributed by atoms with Crippen molar-refractivity contribution < 1.29 is 14.6 Å². The van der Waals surface area contributed by atoms with Crippen LogP contribution in [0.25, 0.3) is 0 Å². The van der Waals surface area contributed by atoms with E-state index in [1.807, 2.05) is 0 Å². The van der Waals surface area contributed by atoms with E-state index >= 15 is 0 Å². The molecule has 0 fully saturated rings. The molecule has 0 radical (unpaired) electrons. The Bertz CT molecular complexity index is 351. The zero-order valence-electron chi connectivity index (χ0n) is 7.17. The van der Waals surface area contributed by atoms with Crippen molar-refractivity contribution in [3.05, 3.63) is 22.5 Å². The van der Waals surface area contributed by atoms with Crippen LogP contribution in [0.15, 0.2) is 6.07 Å². The van der Waals surface area contributed by atoms with E-state index in [0.29, 0.717) is 11.3 Å². The molecule has 1 aromatic rings. The van der Waals surface area contributed by atoms with Crippen LogP contribution in [0.1, 0.15) is 16.1 Å². The van der Waals surface area contributed by atoms with Crippen LogP contribution in [0.2, 0.25) is 5.15 Å². The van der Waals surface area contributed by atoms with Gasteiger partial charge in [-0.2, -0.15) is 0 Å². The van der Waals surface area contributed by atoms with Gasteiger partial charge in [-0.05, 0) is 6.92 Å². The normalized spacial score (nSPS) is 9.77. The molecule has 4 nitrogen and oxygen atoms in total. The average molecular weight is 202 g/mol. The highest BCUT2D eigenvalue weighted by atomic mass is 35.5. The summed E-state index contributed by atoms with van der Waals surface area (Å²) in [6.45, 7) is 1.62. The molecule has 5 heteroatoms. The number of nitrogens with zero attached hydrogens (tertiary/aromatic N) is 1. The predicted molar refractivity (Wildman–Crippen MR) is 47.5 cm³/mol. The first-order valence-corrected chi connectivity index (χ1v) is 3.88. The van der Waals surface area contributed by atoms with Gasteiger partial charge in [0.1, 0.15) is 10.9 Å². The Balaban J connectivity index is 3.35. The van der Waals surface area contributed by atoms with Crippen LogP contribution < -0.4 is 4.74 Å². The van der Waals surface area contributed by atoms with Gasteiger partial charge in [-0.3, -0.25) is 0 Å². The molecule has 0 amide bonds. The van der Waals surface area contributed by atoms with Crippen LogP contribution in [0.3, 0.4) is 0 Å². The van der Waals surface area contributed by atoms with Gasteiger partial charge < -0.3 is 9.84 Å². The van der Waals surface area contributed by atoms with Crippen molar-refractivity contribution in [2.45, 2.75) is 6.92 Å². The largest absolute Gasteiger partial charge is 0.496 e. The van der Waals surface area contributed by atoms with Crippen molar-refractivity contribution >= 4 is 17.6 Å². The third-order valence-electron chi connectivity index (χ3n) is 1.62. The molecule has 1 heterocycles. The molecule has 0 aliphatic heterocycles. The summed E-state index contributed by atoms with van der Waals surface area (Å²) >= 11 is 5.59. The molecule has 0 saturated heterocycles. The summed E-state index contributed by atoms with van der Waals surface area (Å²) < 4.78 is 4.93. The van der Waals surface area contributed by atoms with E-state index in [1.54, 1.807) is 6.92 Å². The number of hydrogen-bond acceptors (Lipinski definition) is 3. The van der Waals surface area contributed by atoms with Gasteiger partial charge in [-0.25, -0.2) is 9.78 Å². The number of aromatic carboxylic acids is 1. The van der Waals surface area contributed by atoms with Gasteiger partial charge in [0, 0.05) is 11.6 Å². The van der Waals surface area contributed by atoms with Crippen molar-refractivity contribution in [1.82, 2.24) is 4.98 Å². The Hall–Kier alpha value is -1.29. The number of aromatic nitrogens is 1. The van der Waals surface area contributed by atoms with E-state index in [0.717, 1.165) is 0 Å². The summed E-state index contributed by atoms with van der Waals surface area (Å²) in [5, 5.41) is 8.84. The third kappa shape index (κ3) is 1.89. The second-order valence-electron chi connectivity index (χ2n) is 2.43. The van der Waals surface area contributed by atoms with Crippen molar-refractivity contribution in [2.24, 2.45) is 0 Å². The van der Waals surface area contributed by atoms with E-state index in [-0.39, 0.29) is 10.8 Å². The molecule has 0 unspecified atom stereocenters. The first kappa shape index (κ1) is 9.80. The smallest absolute Gasteiger partial charge is 0.354 e. The molecule has 1 N–H and O–H groups in total. The summed E-state index contributed by atoms with van der Waals surface area (Å²) in [4.78, 5) is 14.3. The van der Waals surface area contributed by atoms with Gasteiger partial charge in [-0.1, -0.05) is 11.6 Å². The van der Waals surface area contributed by atoms with E-state index in [9.17, 15) is 4.79 Å². The van der Waals surface area contributed by atoms with E-state index < -0.39 is 5.97 Å². The fourth-order valence-electron chi connectivity index (χ4n) is 0.976. The minimum Gasteiger partial charge on any atom is -0.496 e. The molecule has 0 aliphatic rings. The maximum atomic E-state index is 10.7. The van der Waals surface area contributed by atoms with Gasteiger partial charge in [0.15, 0.2) is 5.69 Å². The molecule has 0 atom stereocenters. The second kappa shape index (κ2) is 3.62.